The molecule has 0 heterocycles. The fraction of sp³-hybridized carbons (Fsp3) is 0.143. The minimum atomic E-state index is -0.748. The van der Waals surface area contributed by atoms with Crippen LogP contribution in [0.3, 0.4) is 0 Å². The first kappa shape index (κ1) is 12.4. The molecule has 0 aromatic heterocycles. The average molecular weight is 267 g/mol. The lowest BCUT2D eigenvalue weighted by Gasteiger charge is -2.14. The van der Waals surface area contributed by atoms with Gasteiger partial charge < -0.3 is 5.11 Å². The van der Waals surface area contributed by atoms with Crippen LogP contribution in [-0.4, -0.2) is 5.11 Å². The van der Waals surface area contributed by atoms with E-state index in [1.54, 1.807) is 18.2 Å². The summed E-state index contributed by atoms with van der Waals surface area (Å²) in [6, 6.07) is 12.9. The molecule has 17 heavy (non-hydrogen) atoms. The standard InChI is InChI=1S/C14H12Cl2O/c1-9-5-7-10(8-6-9)14(17)11-3-2-4-12(15)13(11)16/h2-8,14,17H,1H3. The maximum atomic E-state index is 10.2. The number of hydrogen-bond acceptors (Lipinski definition) is 1. The number of hydrogen-bond donors (Lipinski definition) is 1. The Kier molecular flexibility index (Phi) is 3.72. The monoisotopic (exact) mass is 266 g/mol. The van der Waals surface area contributed by atoms with Crippen molar-refractivity contribution in [1.29, 1.82) is 0 Å². The lowest BCUT2D eigenvalue weighted by Crippen LogP contribution is -2.00. The molecule has 0 spiro atoms. The first-order valence-corrected chi connectivity index (χ1v) is 6.03. The first-order valence-electron chi connectivity index (χ1n) is 5.28. The zero-order valence-corrected chi connectivity index (χ0v) is 10.8. The molecule has 3 heteroatoms. The highest BCUT2D eigenvalue weighted by Gasteiger charge is 2.15. The summed E-state index contributed by atoms with van der Waals surface area (Å²) in [4.78, 5) is 0. The number of aryl methyl sites for hydroxylation is 1. The summed E-state index contributed by atoms with van der Waals surface area (Å²) < 4.78 is 0. The van der Waals surface area contributed by atoms with Gasteiger partial charge in [0.15, 0.2) is 0 Å². The molecule has 0 bridgehead atoms. The zero-order chi connectivity index (χ0) is 12.4. The van der Waals surface area contributed by atoms with Crippen molar-refractivity contribution in [3.8, 4) is 0 Å². The zero-order valence-electron chi connectivity index (χ0n) is 9.32. The molecule has 0 amide bonds. The van der Waals surface area contributed by atoms with Gasteiger partial charge in [-0.2, -0.15) is 0 Å². The van der Waals surface area contributed by atoms with Crippen molar-refractivity contribution in [2.45, 2.75) is 13.0 Å². The number of benzene rings is 2. The quantitative estimate of drug-likeness (QED) is 0.855. The molecule has 0 radical (unpaired) electrons. The van der Waals surface area contributed by atoms with Gasteiger partial charge in [0.2, 0.25) is 0 Å². The van der Waals surface area contributed by atoms with E-state index < -0.39 is 6.10 Å². The topological polar surface area (TPSA) is 20.2 Å². The van der Waals surface area contributed by atoms with Crippen LogP contribution in [0.4, 0.5) is 0 Å². The molecule has 2 aromatic rings. The van der Waals surface area contributed by atoms with Crippen LogP contribution in [-0.2, 0) is 0 Å². The lowest BCUT2D eigenvalue weighted by molar-refractivity contribution is 0.220. The molecule has 1 N–H and O–H groups in total. The summed E-state index contributed by atoms with van der Waals surface area (Å²) in [6.45, 7) is 2.00. The van der Waals surface area contributed by atoms with E-state index in [2.05, 4.69) is 0 Å². The van der Waals surface area contributed by atoms with E-state index in [-0.39, 0.29) is 0 Å². The van der Waals surface area contributed by atoms with Gasteiger partial charge in [-0.05, 0) is 18.6 Å². The van der Waals surface area contributed by atoms with Gasteiger partial charge in [-0.1, -0.05) is 65.2 Å². The molecule has 2 aromatic carbocycles. The number of halogens is 2. The third kappa shape index (κ3) is 2.63. The van der Waals surface area contributed by atoms with Crippen molar-refractivity contribution in [3.63, 3.8) is 0 Å². The Hall–Kier alpha value is -1.02. The van der Waals surface area contributed by atoms with Crippen molar-refractivity contribution in [2.75, 3.05) is 0 Å². The smallest absolute Gasteiger partial charge is 0.106 e. The second-order valence-electron chi connectivity index (χ2n) is 3.96. The molecule has 0 saturated carbocycles. The van der Waals surface area contributed by atoms with Crippen molar-refractivity contribution in [2.24, 2.45) is 0 Å². The van der Waals surface area contributed by atoms with E-state index in [1.807, 2.05) is 31.2 Å². The van der Waals surface area contributed by atoms with Gasteiger partial charge in [-0.3, -0.25) is 0 Å². The highest BCUT2D eigenvalue weighted by Crippen LogP contribution is 2.32. The Morgan fingerprint density at radius 2 is 1.65 bits per heavy atom. The van der Waals surface area contributed by atoms with E-state index >= 15 is 0 Å². The summed E-state index contributed by atoms with van der Waals surface area (Å²) in [7, 11) is 0. The minimum absolute atomic E-state index is 0.405. The molecule has 88 valence electrons. The molecular weight excluding hydrogens is 255 g/mol. The molecule has 1 atom stereocenters. The molecule has 2 rings (SSSR count). The van der Waals surface area contributed by atoms with E-state index in [1.165, 1.54) is 0 Å². The van der Waals surface area contributed by atoms with Gasteiger partial charge in [0.25, 0.3) is 0 Å². The molecule has 0 aliphatic rings. The van der Waals surface area contributed by atoms with E-state index in [0.29, 0.717) is 15.6 Å². The number of aliphatic hydroxyl groups is 1. The summed E-state index contributed by atoms with van der Waals surface area (Å²) in [6.07, 6.45) is -0.748. The number of rotatable bonds is 2. The van der Waals surface area contributed by atoms with Crippen LogP contribution >= 0.6 is 23.2 Å². The van der Waals surface area contributed by atoms with Crippen LogP contribution in [0, 0.1) is 6.92 Å². The Balaban J connectivity index is 2.40. The largest absolute Gasteiger partial charge is 0.384 e. The summed E-state index contributed by atoms with van der Waals surface area (Å²) in [5.74, 6) is 0. The maximum absolute atomic E-state index is 10.2. The van der Waals surface area contributed by atoms with Crippen molar-refractivity contribution in [3.05, 3.63) is 69.2 Å². The lowest BCUT2D eigenvalue weighted by atomic mass is 10.0. The van der Waals surface area contributed by atoms with Crippen LogP contribution in [0.5, 0.6) is 0 Å². The third-order valence-electron chi connectivity index (χ3n) is 2.67. The maximum Gasteiger partial charge on any atom is 0.106 e. The van der Waals surface area contributed by atoms with Crippen LogP contribution in [0.25, 0.3) is 0 Å². The fourth-order valence-electron chi connectivity index (χ4n) is 1.66. The van der Waals surface area contributed by atoms with Crippen LogP contribution in [0.15, 0.2) is 42.5 Å². The van der Waals surface area contributed by atoms with Crippen LogP contribution in [0.1, 0.15) is 22.8 Å². The normalized spacial score (nSPS) is 12.5. The van der Waals surface area contributed by atoms with Gasteiger partial charge in [0.1, 0.15) is 6.10 Å². The fourth-order valence-corrected chi connectivity index (χ4v) is 2.07. The van der Waals surface area contributed by atoms with Gasteiger partial charge in [-0.15, -0.1) is 0 Å². The molecular formula is C14H12Cl2O. The van der Waals surface area contributed by atoms with Crippen molar-refractivity contribution < 1.29 is 5.11 Å². The highest BCUT2D eigenvalue weighted by atomic mass is 35.5. The van der Waals surface area contributed by atoms with E-state index in [0.717, 1.165) is 11.1 Å². The molecule has 0 fully saturated rings. The molecule has 1 unspecified atom stereocenters. The van der Waals surface area contributed by atoms with E-state index in [9.17, 15) is 5.11 Å². The number of aliphatic hydroxyl groups excluding tert-OH is 1. The molecule has 1 nitrogen and oxygen atoms in total. The summed E-state index contributed by atoms with van der Waals surface area (Å²) in [5.41, 5.74) is 2.58. The van der Waals surface area contributed by atoms with Gasteiger partial charge >= 0.3 is 0 Å². The third-order valence-corrected chi connectivity index (χ3v) is 3.50. The minimum Gasteiger partial charge on any atom is -0.384 e. The van der Waals surface area contributed by atoms with Crippen LogP contribution < -0.4 is 0 Å². The Labute approximate surface area is 111 Å². The molecule has 0 aliphatic heterocycles. The predicted molar refractivity (Wildman–Crippen MR) is 71.7 cm³/mol. The van der Waals surface area contributed by atoms with Gasteiger partial charge in [-0.25, -0.2) is 0 Å². The summed E-state index contributed by atoms with van der Waals surface area (Å²) >= 11 is 12.0. The molecule has 0 aliphatic carbocycles. The second kappa shape index (κ2) is 5.09. The van der Waals surface area contributed by atoms with E-state index in [4.69, 9.17) is 23.2 Å². The van der Waals surface area contributed by atoms with Gasteiger partial charge in [0, 0.05) is 5.56 Å². The van der Waals surface area contributed by atoms with Gasteiger partial charge in [0.05, 0.1) is 10.0 Å². The summed E-state index contributed by atoms with van der Waals surface area (Å²) in [5, 5.41) is 11.1. The average Bonchev–Trinajstić information content (AvgIpc) is 2.33. The highest BCUT2D eigenvalue weighted by molar-refractivity contribution is 6.42. The van der Waals surface area contributed by atoms with Crippen molar-refractivity contribution >= 4 is 23.2 Å². The predicted octanol–water partition coefficient (Wildman–Crippen LogP) is 4.38. The second-order valence-corrected chi connectivity index (χ2v) is 4.74. The van der Waals surface area contributed by atoms with Crippen molar-refractivity contribution in [1.82, 2.24) is 0 Å². The molecule has 0 saturated heterocycles. The Bertz CT molecular complexity index is 520. The van der Waals surface area contributed by atoms with Crippen LogP contribution in [0.2, 0.25) is 10.0 Å². The SMILES string of the molecule is Cc1ccc(C(O)c2cccc(Cl)c2Cl)cc1. The Morgan fingerprint density at radius 3 is 2.29 bits per heavy atom. The Morgan fingerprint density at radius 1 is 1.00 bits per heavy atom. The first-order chi connectivity index (χ1) is 8.09.